The van der Waals surface area contributed by atoms with Gasteiger partial charge in [0.2, 0.25) is 0 Å². The van der Waals surface area contributed by atoms with E-state index in [1.54, 1.807) is 25.3 Å². The molecule has 8 heteroatoms. The minimum Gasteiger partial charge on any atom is -0.497 e. The van der Waals surface area contributed by atoms with Gasteiger partial charge in [-0.2, -0.15) is 0 Å². The molecule has 2 aromatic rings. The van der Waals surface area contributed by atoms with Crippen LogP contribution in [0.1, 0.15) is 18.1 Å². The van der Waals surface area contributed by atoms with E-state index in [9.17, 15) is 10.1 Å². The van der Waals surface area contributed by atoms with Gasteiger partial charge in [-0.1, -0.05) is 30.3 Å². The Morgan fingerprint density at radius 3 is 2.48 bits per heavy atom. The summed E-state index contributed by atoms with van der Waals surface area (Å²) in [5.74, 6) is 1.47. The molecule has 7 nitrogen and oxygen atoms in total. The Bertz CT molecular complexity index is 751. The zero-order valence-electron chi connectivity index (χ0n) is 15.5. The molecule has 0 heterocycles. The van der Waals surface area contributed by atoms with E-state index in [1.165, 1.54) is 11.6 Å². The smallest absolute Gasteiger partial charge is 0.274 e. The third-order valence-corrected chi connectivity index (χ3v) is 3.81. The van der Waals surface area contributed by atoms with E-state index in [-0.39, 0.29) is 41.1 Å². The molecule has 2 N–H and O–H groups in total. The lowest BCUT2D eigenvalue weighted by molar-refractivity contribution is -0.385. The van der Waals surface area contributed by atoms with Crippen molar-refractivity contribution in [1.82, 2.24) is 10.6 Å². The first-order valence-electron chi connectivity index (χ1n) is 8.51. The quantitative estimate of drug-likeness (QED) is 0.197. The lowest BCUT2D eigenvalue weighted by Gasteiger charge is -2.11. The van der Waals surface area contributed by atoms with E-state index in [1.807, 2.05) is 31.2 Å². The molecule has 0 aliphatic heterocycles. The normalized spacial score (nSPS) is 10.7. The maximum atomic E-state index is 11.1. The minimum absolute atomic E-state index is 0. The van der Waals surface area contributed by atoms with Gasteiger partial charge in [-0.05, 0) is 31.0 Å². The van der Waals surface area contributed by atoms with Crippen molar-refractivity contribution < 1.29 is 9.66 Å². The monoisotopic (exact) mass is 484 g/mol. The van der Waals surface area contributed by atoms with Crippen LogP contribution in [0.2, 0.25) is 0 Å². The first kappa shape index (κ1) is 22.7. The molecular weight excluding hydrogens is 459 g/mol. The second-order valence-electron chi connectivity index (χ2n) is 5.61. The molecule has 0 amide bonds. The highest BCUT2D eigenvalue weighted by molar-refractivity contribution is 14.0. The van der Waals surface area contributed by atoms with Gasteiger partial charge in [0.1, 0.15) is 5.75 Å². The average Bonchev–Trinajstić information content (AvgIpc) is 2.66. The van der Waals surface area contributed by atoms with E-state index in [4.69, 9.17) is 4.74 Å². The molecule has 0 unspecified atom stereocenters. The molecule has 0 atom stereocenters. The third-order valence-electron chi connectivity index (χ3n) is 3.81. The second kappa shape index (κ2) is 12.1. The summed E-state index contributed by atoms with van der Waals surface area (Å²) < 4.78 is 5.15. The number of hydrogen-bond acceptors (Lipinski definition) is 4. The molecule has 2 rings (SSSR count). The zero-order valence-corrected chi connectivity index (χ0v) is 17.8. The molecule has 0 saturated carbocycles. The SMILES string of the molecule is CCNC(=NCc1ccccc1[N+](=O)[O-])NCCc1ccc(OC)cc1.I. The van der Waals surface area contributed by atoms with Crippen LogP contribution in [-0.2, 0) is 13.0 Å². The molecule has 2 aromatic carbocycles. The first-order valence-corrected chi connectivity index (χ1v) is 8.51. The molecule has 0 radical (unpaired) electrons. The third kappa shape index (κ3) is 7.41. The molecule has 0 aromatic heterocycles. The van der Waals surface area contributed by atoms with Crippen LogP contribution >= 0.6 is 24.0 Å². The number of halogens is 1. The second-order valence-corrected chi connectivity index (χ2v) is 5.61. The van der Waals surface area contributed by atoms with Crippen LogP contribution in [0.3, 0.4) is 0 Å². The Labute approximate surface area is 176 Å². The summed E-state index contributed by atoms with van der Waals surface area (Å²) in [5, 5.41) is 17.5. The molecular formula is C19H25IN4O3. The number of guanidine groups is 1. The maximum Gasteiger partial charge on any atom is 0.274 e. The van der Waals surface area contributed by atoms with Crippen LogP contribution in [0.4, 0.5) is 5.69 Å². The van der Waals surface area contributed by atoms with Gasteiger partial charge in [-0.25, -0.2) is 4.99 Å². The van der Waals surface area contributed by atoms with Gasteiger partial charge in [-0.15, -0.1) is 24.0 Å². The van der Waals surface area contributed by atoms with Gasteiger partial charge in [0.15, 0.2) is 5.96 Å². The fourth-order valence-electron chi connectivity index (χ4n) is 2.45. The fourth-order valence-corrected chi connectivity index (χ4v) is 2.45. The first-order chi connectivity index (χ1) is 12.6. The fraction of sp³-hybridized carbons (Fsp3) is 0.316. The number of hydrogen-bond donors (Lipinski definition) is 2. The Morgan fingerprint density at radius 2 is 1.85 bits per heavy atom. The van der Waals surface area contributed by atoms with Gasteiger partial charge in [0.25, 0.3) is 5.69 Å². The average molecular weight is 484 g/mol. The molecule has 0 spiro atoms. The Morgan fingerprint density at radius 1 is 1.15 bits per heavy atom. The number of nitrogens with zero attached hydrogens (tertiary/aromatic N) is 2. The van der Waals surface area contributed by atoms with Crippen molar-refractivity contribution in [3.8, 4) is 5.75 Å². The highest BCUT2D eigenvalue weighted by Gasteiger charge is 2.11. The van der Waals surface area contributed by atoms with Crippen molar-refractivity contribution in [2.75, 3.05) is 20.2 Å². The van der Waals surface area contributed by atoms with Gasteiger partial charge in [0, 0.05) is 19.2 Å². The van der Waals surface area contributed by atoms with E-state index in [0.29, 0.717) is 24.6 Å². The predicted octanol–water partition coefficient (Wildman–Crippen LogP) is 3.52. The van der Waals surface area contributed by atoms with Crippen LogP contribution in [0.25, 0.3) is 0 Å². The molecule has 0 fully saturated rings. The Hall–Kier alpha value is -2.36. The summed E-state index contributed by atoms with van der Waals surface area (Å²) in [5.41, 5.74) is 1.86. The standard InChI is InChI=1S/C19H24N4O3.HI/c1-3-20-19(21-13-12-15-8-10-17(26-2)11-9-15)22-14-16-6-4-5-7-18(16)23(24)25;/h4-11H,3,12-14H2,1-2H3,(H2,20,21,22);1H. The van der Waals surface area contributed by atoms with Crippen molar-refractivity contribution in [2.24, 2.45) is 4.99 Å². The van der Waals surface area contributed by atoms with Gasteiger partial charge >= 0.3 is 0 Å². The van der Waals surface area contributed by atoms with Gasteiger partial charge < -0.3 is 15.4 Å². The maximum absolute atomic E-state index is 11.1. The van der Waals surface area contributed by atoms with Crippen molar-refractivity contribution in [3.05, 3.63) is 69.8 Å². The molecule has 0 bridgehead atoms. The highest BCUT2D eigenvalue weighted by Crippen LogP contribution is 2.18. The van der Waals surface area contributed by atoms with Gasteiger partial charge in [-0.3, -0.25) is 10.1 Å². The van der Waals surface area contributed by atoms with E-state index < -0.39 is 0 Å². The van der Waals surface area contributed by atoms with Crippen LogP contribution in [0, 0.1) is 10.1 Å². The number of aliphatic imine (C=N–C) groups is 1. The molecule has 146 valence electrons. The number of nitrogens with one attached hydrogen (secondary N) is 2. The summed E-state index contributed by atoms with van der Waals surface area (Å²) in [6.45, 7) is 3.64. The molecule has 0 aliphatic carbocycles. The van der Waals surface area contributed by atoms with E-state index in [2.05, 4.69) is 15.6 Å². The zero-order chi connectivity index (χ0) is 18.8. The van der Waals surface area contributed by atoms with E-state index in [0.717, 1.165) is 12.2 Å². The summed E-state index contributed by atoms with van der Waals surface area (Å²) in [4.78, 5) is 15.2. The summed E-state index contributed by atoms with van der Waals surface area (Å²) in [7, 11) is 1.65. The number of benzene rings is 2. The van der Waals surface area contributed by atoms with Crippen LogP contribution in [0.15, 0.2) is 53.5 Å². The van der Waals surface area contributed by atoms with Crippen LogP contribution in [0.5, 0.6) is 5.75 Å². The topological polar surface area (TPSA) is 88.8 Å². The Kier molecular flexibility index (Phi) is 10.2. The van der Waals surface area contributed by atoms with Gasteiger partial charge in [0.05, 0.1) is 24.1 Å². The summed E-state index contributed by atoms with van der Waals surface area (Å²) in [6.07, 6.45) is 0.833. The van der Waals surface area contributed by atoms with Crippen molar-refractivity contribution in [2.45, 2.75) is 19.9 Å². The van der Waals surface area contributed by atoms with Crippen molar-refractivity contribution in [1.29, 1.82) is 0 Å². The van der Waals surface area contributed by atoms with Crippen molar-refractivity contribution >= 4 is 35.6 Å². The molecule has 0 aliphatic rings. The number of nitro groups is 1. The lowest BCUT2D eigenvalue weighted by Crippen LogP contribution is -2.38. The predicted molar refractivity (Wildman–Crippen MR) is 118 cm³/mol. The molecule has 27 heavy (non-hydrogen) atoms. The minimum atomic E-state index is -0.380. The van der Waals surface area contributed by atoms with E-state index >= 15 is 0 Å². The number of rotatable bonds is 8. The lowest BCUT2D eigenvalue weighted by atomic mass is 10.1. The highest BCUT2D eigenvalue weighted by atomic mass is 127. The summed E-state index contributed by atoms with van der Waals surface area (Å²) in [6, 6.07) is 14.6. The number of ether oxygens (including phenoxy) is 1. The summed E-state index contributed by atoms with van der Waals surface area (Å²) >= 11 is 0. The van der Waals surface area contributed by atoms with Crippen LogP contribution < -0.4 is 15.4 Å². The van der Waals surface area contributed by atoms with Crippen molar-refractivity contribution in [3.63, 3.8) is 0 Å². The number of methoxy groups -OCH3 is 1. The number of para-hydroxylation sites is 1. The largest absolute Gasteiger partial charge is 0.497 e. The molecule has 0 saturated heterocycles. The number of nitro benzene ring substituents is 1. The van der Waals surface area contributed by atoms with Crippen LogP contribution in [-0.4, -0.2) is 31.1 Å². The Balaban J connectivity index is 0.00000364.